The molecular formula is C16H22N4O3. The first-order valence-electron chi connectivity index (χ1n) is 8.49. The molecule has 0 spiro atoms. The van der Waals surface area contributed by atoms with Gasteiger partial charge in [-0.3, -0.25) is 10.1 Å². The van der Waals surface area contributed by atoms with Crippen molar-refractivity contribution in [2.24, 2.45) is 17.8 Å². The molecule has 23 heavy (non-hydrogen) atoms. The molecule has 0 amide bonds. The molecule has 4 fully saturated rings. The maximum atomic E-state index is 11.5. The van der Waals surface area contributed by atoms with E-state index in [2.05, 4.69) is 15.3 Å². The molecule has 1 N–H and O–H groups in total. The van der Waals surface area contributed by atoms with E-state index in [1.54, 1.807) is 6.92 Å². The zero-order chi connectivity index (χ0) is 16.0. The monoisotopic (exact) mass is 318 g/mol. The second-order valence-electron chi connectivity index (χ2n) is 7.39. The van der Waals surface area contributed by atoms with Crippen LogP contribution >= 0.6 is 0 Å². The van der Waals surface area contributed by atoms with Gasteiger partial charge >= 0.3 is 5.69 Å². The molecule has 0 unspecified atom stereocenters. The lowest BCUT2D eigenvalue weighted by atomic mass is 9.53. The van der Waals surface area contributed by atoms with Crippen molar-refractivity contribution in [1.82, 2.24) is 9.97 Å². The number of ether oxygens (including phenoxy) is 1. The Bertz CT molecular complexity index is 598. The number of nitrogens with zero attached hydrogens (tertiary/aromatic N) is 3. The number of rotatable bonds is 5. The molecule has 1 heterocycles. The lowest BCUT2D eigenvalue weighted by Gasteiger charge is -2.57. The Morgan fingerprint density at radius 3 is 2.39 bits per heavy atom. The summed E-state index contributed by atoms with van der Waals surface area (Å²) in [6.07, 6.45) is 8.64. The zero-order valence-electron chi connectivity index (χ0n) is 13.3. The van der Waals surface area contributed by atoms with Gasteiger partial charge < -0.3 is 10.1 Å². The van der Waals surface area contributed by atoms with Crippen LogP contribution in [0.4, 0.5) is 11.5 Å². The highest BCUT2D eigenvalue weighted by molar-refractivity contribution is 5.62. The molecule has 1 aromatic heterocycles. The van der Waals surface area contributed by atoms with E-state index in [0.29, 0.717) is 12.4 Å². The Morgan fingerprint density at radius 2 is 1.87 bits per heavy atom. The van der Waals surface area contributed by atoms with Crippen LogP contribution in [0.25, 0.3) is 0 Å². The molecule has 7 heteroatoms. The molecule has 7 nitrogen and oxygen atoms in total. The van der Waals surface area contributed by atoms with Crippen LogP contribution in [0.5, 0.6) is 5.88 Å². The number of nitrogens with one attached hydrogen (secondary N) is 1. The molecule has 4 aliphatic carbocycles. The van der Waals surface area contributed by atoms with E-state index in [4.69, 9.17) is 4.74 Å². The van der Waals surface area contributed by atoms with Gasteiger partial charge in [0.15, 0.2) is 0 Å². The fourth-order valence-electron chi connectivity index (χ4n) is 5.38. The van der Waals surface area contributed by atoms with Crippen LogP contribution in [-0.2, 0) is 0 Å². The third-order valence-electron chi connectivity index (χ3n) is 5.67. The first kappa shape index (κ1) is 14.7. The Hall–Kier alpha value is -1.92. The summed E-state index contributed by atoms with van der Waals surface area (Å²) in [6.45, 7) is 2.13. The van der Waals surface area contributed by atoms with E-state index >= 15 is 0 Å². The van der Waals surface area contributed by atoms with Crippen LogP contribution in [0.15, 0.2) is 6.33 Å². The van der Waals surface area contributed by atoms with E-state index in [-0.39, 0.29) is 17.1 Å². The van der Waals surface area contributed by atoms with Gasteiger partial charge in [-0.1, -0.05) is 0 Å². The summed E-state index contributed by atoms with van der Waals surface area (Å²) in [6, 6.07) is 0. The van der Waals surface area contributed by atoms with Gasteiger partial charge in [-0.15, -0.1) is 0 Å². The molecule has 0 saturated heterocycles. The zero-order valence-corrected chi connectivity index (χ0v) is 13.3. The van der Waals surface area contributed by atoms with E-state index in [0.717, 1.165) is 37.0 Å². The molecule has 0 aliphatic heterocycles. The average Bonchev–Trinajstić information content (AvgIpc) is 2.45. The van der Waals surface area contributed by atoms with Crippen molar-refractivity contribution in [2.75, 3.05) is 11.9 Å². The summed E-state index contributed by atoms with van der Waals surface area (Å²) in [5, 5.41) is 15.0. The maximum absolute atomic E-state index is 11.5. The summed E-state index contributed by atoms with van der Waals surface area (Å²) in [5.74, 6) is 2.66. The van der Waals surface area contributed by atoms with Crippen LogP contribution in [0.1, 0.15) is 45.4 Å². The third kappa shape index (κ3) is 2.52. The van der Waals surface area contributed by atoms with E-state index in [1.165, 1.54) is 25.6 Å². The van der Waals surface area contributed by atoms with Gasteiger partial charge in [0, 0.05) is 5.54 Å². The number of hydrogen-bond donors (Lipinski definition) is 1. The lowest BCUT2D eigenvalue weighted by molar-refractivity contribution is -0.385. The molecule has 5 rings (SSSR count). The summed E-state index contributed by atoms with van der Waals surface area (Å²) < 4.78 is 5.33. The Balaban J connectivity index is 1.66. The fourth-order valence-corrected chi connectivity index (χ4v) is 5.38. The van der Waals surface area contributed by atoms with Crippen LogP contribution < -0.4 is 10.1 Å². The first-order chi connectivity index (χ1) is 11.1. The SMILES string of the molecule is CCOc1ncnc(NC23CC4CC(CC(C4)C2)C3)c1[N+](=O)[O-]. The predicted octanol–water partition coefficient (Wildman–Crippen LogP) is 3.16. The number of hydrogen-bond acceptors (Lipinski definition) is 6. The standard InChI is InChI=1S/C16H22N4O3/c1-2-23-15-13(20(21)22)14(17-9-18-15)19-16-6-10-3-11(7-16)5-12(4-10)8-16/h9-12H,2-8H2,1H3,(H,17,18,19). The molecule has 4 saturated carbocycles. The minimum atomic E-state index is -0.437. The van der Waals surface area contributed by atoms with Gasteiger partial charge in [0.1, 0.15) is 6.33 Å². The van der Waals surface area contributed by atoms with Crippen molar-refractivity contribution in [3.63, 3.8) is 0 Å². The number of anilines is 1. The van der Waals surface area contributed by atoms with Gasteiger partial charge in [0.25, 0.3) is 5.88 Å². The van der Waals surface area contributed by atoms with Crippen LogP contribution in [0.2, 0.25) is 0 Å². The van der Waals surface area contributed by atoms with Crippen molar-refractivity contribution in [3.05, 3.63) is 16.4 Å². The van der Waals surface area contributed by atoms with Crippen molar-refractivity contribution >= 4 is 11.5 Å². The maximum Gasteiger partial charge on any atom is 0.372 e. The molecule has 0 atom stereocenters. The van der Waals surface area contributed by atoms with E-state index in [9.17, 15) is 10.1 Å². The van der Waals surface area contributed by atoms with E-state index in [1.807, 2.05) is 0 Å². The van der Waals surface area contributed by atoms with Crippen molar-refractivity contribution in [3.8, 4) is 5.88 Å². The predicted molar refractivity (Wildman–Crippen MR) is 84.4 cm³/mol. The smallest absolute Gasteiger partial charge is 0.372 e. The van der Waals surface area contributed by atoms with Gasteiger partial charge in [-0.25, -0.2) is 4.98 Å². The van der Waals surface area contributed by atoms with Gasteiger partial charge in [-0.05, 0) is 63.2 Å². The molecule has 0 aromatic carbocycles. The topological polar surface area (TPSA) is 90.2 Å². The van der Waals surface area contributed by atoms with Crippen molar-refractivity contribution < 1.29 is 9.66 Å². The number of aromatic nitrogens is 2. The molecule has 4 aliphatic rings. The largest absolute Gasteiger partial charge is 0.473 e. The van der Waals surface area contributed by atoms with Crippen LogP contribution in [0.3, 0.4) is 0 Å². The highest BCUT2D eigenvalue weighted by Gasteiger charge is 2.51. The second kappa shape index (κ2) is 5.32. The van der Waals surface area contributed by atoms with Crippen LogP contribution in [0, 0.1) is 27.9 Å². The summed E-state index contributed by atoms with van der Waals surface area (Å²) in [5.41, 5.74) is -0.165. The molecule has 1 aromatic rings. The first-order valence-corrected chi connectivity index (χ1v) is 8.49. The highest BCUT2D eigenvalue weighted by Crippen LogP contribution is 2.57. The van der Waals surface area contributed by atoms with Gasteiger partial charge in [-0.2, -0.15) is 4.98 Å². The molecule has 4 bridgehead atoms. The quantitative estimate of drug-likeness (QED) is 0.662. The molecule has 0 radical (unpaired) electrons. The van der Waals surface area contributed by atoms with Gasteiger partial charge in [0.05, 0.1) is 11.5 Å². The normalized spacial score (nSPS) is 34.4. The van der Waals surface area contributed by atoms with Gasteiger partial charge in [0.2, 0.25) is 5.82 Å². The molecular weight excluding hydrogens is 296 g/mol. The van der Waals surface area contributed by atoms with Crippen molar-refractivity contribution in [2.45, 2.75) is 51.0 Å². The third-order valence-corrected chi connectivity index (χ3v) is 5.67. The average molecular weight is 318 g/mol. The summed E-state index contributed by atoms with van der Waals surface area (Å²) >= 11 is 0. The Morgan fingerprint density at radius 1 is 1.26 bits per heavy atom. The highest BCUT2D eigenvalue weighted by atomic mass is 16.6. The fraction of sp³-hybridized carbons (Fsp3) is 0.750. The van der Waals surface area contributed by atoms with E-state index < -0.39 is 4.92 Å². The van der Waals surface area contributed by atoms with Crippen LogP contribution in [-0.4, -0.2) is 27.0 Å². The number of nitro groups is 1. The summed E-state index contributed by atoms with van der Waals surface area (Å²) in [7, 11) is 0. The Labute approximate surface area is 135 Å². The second-order valence-corrected chi connectivity index (χ2v) is 7.39. The molecule has 124 valence electrons. The minimum Gasteiger partial charge on any atom is -0.473 e. The van der Waals surface area contributed by atoms with Crippen molar-refractivity contribution in [1.29, 1.82) is 0 Å². The minimum absolute atomic E-state index is 0.0304. The lowest BCUT2D eigenvalue weighted by Crippen LogP contribution is -2.55. The summed E-state index contributed by atoms with van der Waals surface area (Å²) in [4.78, 5) is 19.2. The Kier molecular flexibility index (Phi) is 3.39.